The van der Waals surface area contributed by atoms with Gasteiger partial charge in [0.15, 0.2) is 0 Å². The van der Waals surface area contributed by atoms with Crippen LogP contribution in [-0.4, -0.2) is 37.2 Å². The Kier molecular flexibility index (Phi) is 4.63. The van der Waals surface area contributed by atoms with Gasteiger partial charge in [-0.1, -0.05) is 38.1 Å². The Labute approximate surface area is 181 Å². The Bertz CT molecular complexity index is 1040. The van der Waals surface area contributed by atoms with Gasteiger partial charge in [-0.05, 0) is 47.9 Å². The van der Waals surface area contributed by atoms with Gasteiger partial charge in [-0.25, -0.2) is 0 Å². The summed E-state index contributed by atoms with van der Waals surface area (Å²) in [7, 11) is 1.61. The molecule has 3 aliphatic heterocycles. The third-order valence-electron chi connectivity index (χ3n) is 6.63. The molecule has 2 saturated heterocycles. The Morgan fingerprint density at radius 3 is 2.52 bits per heavy atom. The zero-order chi connectivity index (χ0) is 21.8. The van der Waals surface area contributed by atoms with Crippen LogP contribution in [0.4, 0.5) is 11.4 Å². The highest BCUT2D eigenvalue weighted by molar-refractivity contribution is 6.05. The summed E-state index contributed by atoms with van der Waals surface area (Å²) in [4.78, 5) is 28.4. The molecule has 5 rings (SSSR count). The summed E-state index contributed by atoms with van der Waals surface area (Å²) < 4.78 is 11.4. The molecule has 6 nitrogen and oxygen atoms in total. The van der Waals surface area contributed by atoms with E-state index in [1.54, 1.807) is 12.0 Å². The van der Waals surface area contributed by atoms with Crippen molar-refractivity contribution in [1.29, 1.82) is 0 Å². The quantitative estimate of drug-likeness (QED) is 0.751. The lowest BCUT2D eigenvalue weighted by Crippen LogP contribution is -2.41. The van der Waals surface area contributed by atoms with Crippen molar-refractivity contribution in [2.45, 2.75) is 31.5 Å². The standard InChI is InChI=1S/C25H26N2O4/c1-15(2)16-4-6-17(7-5-16)26-23(28)21-20-12-13-25(31-20)14-27(24(29)22(21)25)18-8-10-19(30-3)11-9-18/h4-13,15,20-22H,14H2,1-3H3,(H,26,28)/t20-,21+,22+,25-/m1/s1. The maximum absolute atomic E-state index is 13.4. The molecule has 2 aromatic rings. The molecule has 2 amide bonds. The molecule has 0 aliphatic carbocycles. The molecule has 0 saturated carbocycles. The van der Waals surface area contributed by atoms with E-state index in [-0.39, 0.29) is 17.9 Å². The Morgan fingerprint density at radius 2 is 1.87 bits per heavy atom. The molecule has 2 fully saturated rings. The Hall–Kier alpha value is -3.12. The van der Waals surface area contributed by atoms with Crippen LogP contribution in [0.2, 0.25) is 0 Å². The molecule has 0 unspecified atom stereocenters. The van der Waals surface area contributed by atoms with Gasteiger partial charge in [-0.3, -0.25) is 9.59 Å². The first kappa shape index (κ1) is 19.8. The van der Waals surface area contributed by atoms with E-state index in [0.717, 1.165) is 17.1 Å². The number of rotatable bonds is 5. The summed E-state index contributed by atoms with van der Waals surface area (Å²) >= 11 is 0. The summed E-state index contributed by atoms with van der Waals surface area (Å²) in [5.74, 6) is -0.179. The lowest BCUT2D eigenvalue weighted by Gasteiger charge is -2.23. The molecule has 31 heavy (non-hydrogen) atoms. The number of carbonyl (C=O) groups excluding carboxylic acids is 2. The SMILES string of the molecule is COc1ccc(N2C[C@@]34C=C[C@@H](O3)[C@H](C(=O)Nc3ccc(C(C)C)cc3)[C@H]4C2=O)cc1. The largest absolute Gasteiger partial charge is 0.497 e. The highest BCUT2D eigenvalue weighted by Crippen LogP contribution is 2.52. The van der Waals surface area contributed by atoms with E-state index in [4.69, 9.17) is 9.47 Å². The number of anilines is 2. The van der Waals surface area contributed by atoms with Crippen molar-refractivity contribution in [3.05, 3.63) is 66.2 Å². The molecule has 160 valence electrons. The number of nitrogens with zero attached hydrogens (tertiary/aromatic N) is 1. The molecule has 1 spiro atoms. The van der Waals surface area contributed by atoms with Crippen LogP contribution < -0.4 is 15.0 Å². The van der Waals surface area contributed by atoms with E-state index in [9.17, 15) is 9.59 Å². The second kappa shape index (κ2) is 7.24. The number of methoxy groups -OCH3 is 1. The van der Waals surface area contributed by atoms with Gasteiger partial charge in [0.25, 0.3) is 0 Å². The summed E-state index contributed by atoms with van der Waals surface area (Å²) in [5, 5.41) is 2.99. The fourth-order valence-corrected chi connectivity index (χ4v) is 4.96. The van der Waals surface area contributed by atoms with Crippen molar-refractivity contribution in [3.8, 4) is 5.75 Å². The van der Waals surface area contributed by atoms with Crippen LogP contribution in [0.1, 0.15) is 25.3 Å². The number of carbonyl (C=O) groups is 2. The summed E-state index contributed by atoms with van der Waals surface area (Å²) in [6.07, 6.45) is 3.51. The van der Waals surface area contributed by atoms with Crippen LogP contribution in [0.25, 0.3) is 0 Å². The van der Waals surface area contributed by atoms with Gasteiger partial charge < -0.3 is 19.7 Å². The first-order valence-corrected chi connectivity index (χ1v) is 10.7. The molecule has 6 heteroatoms. The van der Waals surface area contributed by atoms with Crippen LogP contribution in [0.3, 0.4) is 0 Å². The second-order valence-corrected chi connectivity index (χ2v) is 8.79. The Balaban J connectivity index is 1.38. The highest BCUT2D eigenvalue weighted by atomic mass is 16.5. The number of fused-ring (bicyclic) bond motifs is 1. The fraction of sp³-hybridized carbons (Fsp3) is 0.360. The van der Waals surface area contributed by atoms with Crippen molar-refractivity contribution < 1.29 is 19.1 Å². The predicted octanol–water partition coefficient (Wildman–Crippen LogP) is 3.74. The first-order chi connectivity index (χ1) is 14.9. The minimum absolute atomic E-state index is 0.0766. The predicted molar refractivity (Wildman–Crippen MR) is 118 cm³/mol. The molecular weight excluding hydrogens is 392 g/mol. The minimum atomic E-state index is -0.745. The molecule has 3 aliphatic rings. The van der Waals surface area contributed by atoms with Gasteiger partial charge >= 0.3 is 0 Å². The number of ether oxygens (including phenoxy) is 2. The third kappa shape index (κ3) is 3.13. The van der Waals surface area contributed by atoms with E-state index in [2.05, 4.69) is 19.2 Å². The monoisotopic (exact) mass is 418 g/mol. The van der Waals surface area contributed by atoms with E-state index in [1.807, 2.05) is 60.7 Å². The molecule has 4 atom stereocenters. The van der Waals surface area contributed by atoms with Crippen molar-refractivity contribution in [2.24, 2.45) is 11.8 Å². The summed E-state index contributed by atoms with van der Waals surface area (Å²) in [6, 6.07) is 15.2. The zero-order valence-corrected chi connectivity index (χ0v) is 17.9. The highest BCUT2D eigenvalue weighted by Gasteiger charge is 2.67. The van der Waals surface area contributed by atoms with E-state index in [0.29, 0.717) is 12.5 Å². The van der Waals surface area contributed by atoms with Gasteiger partial charge in [0.05, 0.1) is 31.6 Å². The van der Waals surface area contributed by atoms with Gasteiger partial charge in [0, 0.05) is 11.4 Å². The third-order valence-corrected chi connectivity index (χ3v) is 6.63. The van der Waals surface area contributed by atoms with Crippen molar-refractivity contribution in [2.75, 3.05) is 23.9 Å². The number of hydrogen-bond acceptors (Lipinski definition) is 4. The molecule has 2 bridgehead atoms. The van der Waals surface area contributed by atoms with Crippen LogP contribution in [0.5, 0.6) is 5.75 Å². The molecular formula is C25H26N2O4. The topological polar surface area (TPSA) is 67.9 Å². The number of amides is 2. The normalized spacial score (nSPS) is 28.3. The molecule has 2 aromatic carbocycles. The number of nitrogens with one attached hydrogen (secondary N) is 1. The average molecular weight is 418 g/mol. The Morgan fingerprint density at radius 1 is 1.16 bits per heavy atom. The van der Waals surface area contributed by atoms with Crippen LogP contribution in [0, 0.1) is 11.8 Å². The van der Waals surface area contributed by atoms with E-state index >= 15 is 0 Å². The van der Waals surface area contributed by atoms with Gasteiger partial charge in [-0.15, -0.1) is 0 Å². The van der Waals surface area contributed by atoms with E-state index < -0.39 is 17.4 Å². The number of benzene rings is 2. The first-order valence-electron chi connectivity index (χ1n) is 10.7. The van der Waals surface area contributed by atoms with Crippen molar-refractivity contribution in [1.82, 2.24) is 0 Å². The van der Waals surface area contributed by atoms with Crippen molar-refractivity contribution in [3.63, 3.8) is 0 Å². The zero-order valence-electron chi connectivity index (χ0n) is 17.9. The smallest absolute Gasteiger partial charge is 0.234 e. The maximum atomic E-state index is 13.4. The summed E-state index contributed by atoms with van der Waals surface area (Å²) in [6.45, 7) is 4.67. The fourth-order valence-electron chi connectivity index (χ4n) is 4.96. The van der Waals surface area contributed by atoms with E-state index in [1.165, 1.54) is 5.56 Å². The van der Waals surface area contributed by atoms with Crippen molar-refractivity contribution >= 4 is 23.2 Å². The van der Waals surface area contributed by atoms with Crippen LogP contribution in [-0.2, 0) is 14.3 Å². The molecule has 0 aromatic heterocycles. The molecule has 1 N–H and O–H groups in total. The maximum Gasteiger partial charge on any atom is 0.234 e. The second-order valence-electron chi connectivity index (χ2n) is 8.79. The average Bonchev–Trinajstić information content (AvgIpc) is 3.42. The lowest BCUT2D eigenvalue weighted by molar-refractivity contribution is -0.128. The number of hydrogen-bond donors (Lipinski definition) is 1. The van der Waals surface area contributed by atoms with Gasteiger partial charge in [0.1, 0.15) is 11.4 Å². The van der Waals surface area contributed by atoms with Crippen LogP contribution in [0.15, 0.2) is 60.7 Å². The van der Waals surface area contributed by atoms with Crippen LogP contribution >= 0.6 is 0 Å². The summed E-state index contributed by atoms with van der Waals surface area (Å²) in [5.41, 5.74) is 1.97. The van der Waals surface area contributed by atoms with Gasteiger partial charge in [-0.2, -0.15) is 0 Å². The lowest BCUT2D eigenvalue weighted by atomic mass is 9.76. The molecule has 3 heterocycles. The minimum Gasteiger partial charge on any atom is -0.497 e. The molecule has 0 radical (unpaired) electrons. The van der Waals surface area contributed by atoms with Gasteiger partial charge in [0.2, 0.25) is 11.8 Å².